The molecule has 0 saturated carbocycles. The van der Waals surface area contributed by atoms with E-state index in [2.05, 4.69) is 20.4 Å². The van der Waals surface area contributed by atoms with Gasteiger partial charge in [0.05, 0.1) is 16.6 Å². The number of hydrogen-bond acceptors (Lipinski definition) is 5. The summed E-state index contributed by atoms with van der Waals surface area (Å²) in [6.45, 7) is 6.34. The number of nitrogen functional groups attached to an aromatic ring is 1. The van der Waals surface area contributed by atoms with Crippen molar-refractivity contribution in [2.75, 3.05) is 11.1 Å². The van der Waals surface area contributed by atoms with Crippen molar-refractivity contribution >= 4 is 22.8 Å². The first kappa shape index (κ1) is 19.8. The second-order valence-corrected chi connectivity index (χ2v) is 8.03. The number of benzene rings is 2. The van der Waals surface area contributed by atoms with Gasteiger partial charge in [-0.25, -0.2) is 18.4 Å². The third-order valence-corrected chi connectivity index (χ3v) is 4.68. The first-order chi connectivity index (χ1) is 14.2. The molecule has 0 atom stereocenters. The minimum Gasteiger partial charge on any atom is -0.383 e. The molecule has 0 saturated heterocycles. The molecule has 2 aromatic carbocycles. The van der Waals surface area contributed by atoms with E-state index in [0.29, 0.717) is 23.4 Å². The maximum Gasteiger partial charge on any atom is 0.225 e. The van der Waals surface area contributed by atoms with E-state index in [1.165, 1.54) is 12.1 Å². The van der Waals surface area contributed by atoms with Gasteiger partial charge in [-0.2, -0.15) is 4.98 Å². The van der Waals surface area contributed by atoms with Crippen LogP contribution in [0.2, 0.25) is 0 Å². The molecule has 8 heteroatoms. The summed E-state index contributed by atoms with van der Waals surface area (Å²) in [5, 5.41) is 8.12. The number of halogens is 2. The van der Waals surface area contributed by atoms with Crippen molar-refractivity contribution in [3.63, 3.8) is 0 Å². The molecule has 0 fully saturated rings. The van der Waals surface area contributed by atoms with Crippen molar-refractivity contribution in [3.05, 3.63) is 65.7 Å². The Hall–Kier alpha value is -3.55. The SMILES string of the molecule is CC(C)(C)n1nc2nc(NCc3ccccc3)nc(-c3ccc(F)cc3F)c2c1N. The standard InChI is InChI=1S/C22H22F2N6/c1-22(2,3)30-19(25)17-18(15-10-9-14(23)11-16(15)24)27-21(28-20(17)29-30)26-12-13-7-5-4-6-8-13/h4-11H,12,25H2,1-3H3,(H,26,28,29). The van der Waals surface area contributed by atoms with E-state index in [1.807, 2.05) is 51.1 Å². The highest BCUT2D eigenvalue weighted by molar-refractivity contribution is 5.99. The molecule has 0 unspecified atom stereocenters. The van der Waals surface area contributed by atoms with E-state index >= 15 is 0 Å². The van der Waals surface area contributed by atoms with Crippen LogP contribution in [0.1, 0.15) is 26.3 Å². The van der Waals surface area contributed by atoms with E-state index in [-0.39, 0.29) is 17.2 Å². The molecular weight excluding hydrogens is 386 g/mol. The number of rotatable bonds is 4. The van der Waals surface area contributed by atoms with Crippen LogP contribution in [-0.2, 0) is 12.1 Å². The fourth-order valence-corrected chi connectivity index (χ4v) is 3.26. The molecule has 0 aliphatic carbocycles. The average Bonchev–Trinajstić information content (AvgIpc) is 3.04. The highest BCUT2D eigenvalue weighted by Crippen LogP contribution is 2.35. The average molecular weight is 408 g/mol. The van der Waals surface area contributed by atoms with Crippen LogP contribution in [0.25, 0.3) is 22.3 Å². The number of hydrogen-bond donors (Lipinski definition) is 2. The van der Waals surface area contributed by atoms with Crippen LogP contribution < -0.4 is 11.1 Å². The fourth-order valence-electron chi connectivity index (χ4n) is 3.26. The van der Waals surface area contributed by atoms with Gasteiger partial charge in [0.25, 0.3) is 0 Å². The Kier molecular flexibility index (Phi) is 4.85. The van der Waals surface area contributed by atoms with Gasteiger partial charge in [0, 0.05) is 18.2 Å². The van der Waals surface area contributed by atoms with E-state index in [0.717, 1.165) is 11.6 Å². The number of aromatic nitrogens is 4. The molecule has 0 amide bonds. The predicted molar refractivity (Wildman–Crippen MR) is 114 cm³/mol. The molecule has 0 bridgehead atoms. The van der Waals surface area contributed by atoms with E-state index < -0.39 is 17.2 Å². The van der Waals surface area contributed by atoms with E-state index in [4.69, 9.17) is 5.73 Å². The number of nitrogens with zero attached hydrogens (tertiary/aromatic N) is 4. The van der Waals surface area contributed by atoms with Gasteiger partial charge >= 0.3 is 0 Å². The van der Waals surface area contributed by atoms with Gasteiger partial charge in [-0.05, 0) is 38.5 Å². The molecule has 0 spiro atoms. The Labute approximate surface area is 172 Å². The van der Waals surface area contributed by atoms with Crippen LogP contribution in [-0.4, -0.2) is 19.7 Å². The molecular formula is C22H22F2N6. The molecule has 2 aromatic heterocycles. The zero-order chi connectivity index (χ0) is 21.5. The van der Waals surface area contributed by atoms with Crippen molar-refractivity contribution in [3.8, 4) is 11.3 Å². The number of nitrogens with one attached hydrogen (secondary N) is 1. The van der Waals surface area contributed by atoms with Crippen molar-refractivity contribution in [1.29, 1.82) is 0 Å². The van der Waals surface area contributed by atoms with Crippen LogP contribution in [0.5, 0.6) is 0 Å². The molecule has 0 aliphatic heterocycles. The predicted octanol–water partition coefficient (Wildman–Crippen LogP) is 4.72. The van der Waals surface area contributed by atoms with Gasteiger partial charge in [-0.15, -0.1) is 5.10 Å². The summed E-state index contributed by atoms with van der Waals surface area (Å²) in [6, 6.07) is 13.1. The lowest BCUT2D eigenvalue weighted by Gasteiger charge is -2.20. The molecule has 3 N–H and O–H groups in total. The molecule has 154 valence electrons. The second-order valence-electron chi connectivity index (χ2n) is 8.03. The quantitative estimate of drug-likeness (QED) is 0.511. The summed E-state index contributed by atoms with van der Waals surface area (Å²) in [5.41, 5.74) is 7.72. The normalized spacial score (nSPS) is 11.8. The Balaban J connectivity index is 1.88. The molecule has 4 rings (SSSR count). The van der Waals surface area contributed by atoms with E-state index in [9.17, 15) is 8.78 Å². The lowest BCUT2D eigenvalue weighted by molar-refractivity contribution is 0.364. The van der Waals surface area contributed by atoms with Gasteiger partial charge < -0.3 is 11.1 Å². The topological polar surface area (TPSA) is 81.7 Å². The highest BCUT2D eigenvalue weighted by atomic mass is 19.1. The zero-order valence-electron chi connectivity index (χ0n) is 16.9. The number of anilines is 2. The summed E-state index contributed by atoms with van der Waals surface area (Å²) in [6.07, 6.45) is 0. The highest BCUT2D eigenvalue weighted by Gasteiger charge is 2.25. The zero-order valence-corrected chi connectivity index (χ0v) is 16.9. The number of fused-ring (bicyclic) bond motifs is 1. The molecule has 30 heavy (non-hydrogen) atoms. The van der Waals surface area contributed by atoms with Gasteiger partial charge in [-0.3, -0.25) is 0 Å². The minimum absolute atomic E-state index is 0.131. The van der Waals surface area contributed by atoms with Crippen molar-refractivity contribution < 1.29 is 8.78 Å². The fraction of sp³-hybridized carbons (Fsp3) is 0.227. The molecule has 4 aromatic rings. The first-order valence-corrected chi connectivity index (χ1v) is 9.54. The summed E-state index contributed by atoms with van der Waals surface area (Å²) < 4.78 is 29.7. The Morgan fingerprint density at radius 2 is 1.77 bits per heavy atom. The van der Waals surface area contributed by atoms with E-state index in [1.54, 1.807) is 4.68 Å². The summed E-state index contributed by atoms with van der Waals surface area (Å²) in [7, 11) is 0. The van der Waals surface area contributed by atoms with Crippen LogP contribution in [0, 0.1) is 11.6 Å². The van der Waals surface area contributed by atoms with Crippen LogP contribution in [0.3, 0.4) is 0 Å². The number of nitrogens with two attached hydrogens (primary N) is 1. The van der Waals surface area contributed by atoms with Gasteiger partial charge in [-0.1, -0.05) is 30.3 Å². The van der Waals surface area contributed by atoms with Gasteiger partial charge in [0.2, 0.25) is 5.95 Å². The van der Waals surface area contributed by atoms with Crippen LogP contribution >= 0.6 is 0 Å². The van der Waals surface area contributed by atoms with Gasteiger partial charge in [0.1, 0.15) is 17.5 Å². The maximum atomic E-state index is 14.6. The smallest absolute Gasteiger partial charge is 0.225 e. The molecule has 0 aliphatic rings. The summed E-state index contributed by atoms with van der Waals surface area (Å²) >= 11 is 0. The summed E-state index contributed by atoms with van der Waals surface area (Å²) in [4.78, 5) is 9.00. The molecule has 0 radical (unpaired) electrons. The Morgan fingerprint density at radius 1 is 1.03 bits per heavy atom. The Morgan fingerprint density at radius 3 is 2.43 bits per heavy atom. The monoisotopic (exact) mass is 408 g/mol. The van der Waals surface area contributed by atoms with Crippen molar-refractivity contribution in [2.45, 2.75) is 32.9 Å². The largest absolute Gasteiger partial charge is 0.383 e. The first-order valence-electron chi connectivity index (χ1n) is 9.54. The van der Waals surface area contributed by atoms with Crippen molar-refractivity contribution in [2.24, 2.45) is 0 Å². The molecule has 2 heterocycles. The second kappa shape index (κ2) is 7.37. The lowest BCUT2D eigenvalue weighted by Crippen LogP contribution is -2.24. The molecule has 6 nitrogen and oxygen atoms in total. The van der Waals surface area contributed by atoms with Crippen LogP contribution in [0.4, 0.5) is 20.5 Å². The maximum absolute atomic E-state index is 14.6. The van der Waals surface area contributed by atoms with Gasteiger partial charge in [0.15, 0.2) is 5.65 Å². The third-order valence-electron chi connectivity index (χ3n) is 4.68. The Bertz CT molecular complexity index is 1210. The minimum atomic E-state index is -0.730. The van der Waals surface area contributed by atoms with Crippen molar-refractivity contribution in [1.82, 2.24) is 19.7 Å². The third kappa shape index (κ3) is 3.68. The summed E-state index contributed by atoms with van der Waals surface area (Å²) in [5.74, 6) is -0.788. The lowest BCUT2D eigenvalue weighted by atomic mass is 10.1. The van der Waals surface area contributed by atoms with Crippen LogP contribution in [0.15, 0.2) is 48.5 Å².